The lowest BCUT2D eigenvalue weighted by molar-refractivity contribution is 0.594. The second-order valence-electron chi connectivity index (χ2n) is 4.97. The predicted octanol–water partition coefficient (Wildman–Crippen LogP) is 3.98. The van der Waals surface area contributed by atoms with Gasteiger partial charge in [0.15, 0.2) is 9.79 Å². The third-order valence-corrected chi connectivity index (χ3v) is 5.07. The van der Waals surface area contributed by atoms with Crippen molar-refractivity contribution in [3.8, 4) is 11.1 Å². The van der Waals surface area contributed by atoms with E-state index >= 15 is 0 Å². The highest BCUT2D eigenvalue weighted by Crippen LogP contribution is 2.26. The fraction of sp³-hybridized carbons (Fsp3) is 0.0526. The molecule has 0 fully saturated rings. The third kappa shape index (κ3) is 3.07. The second kappa shape index (κ2) is 6.79. The van der Waals surface area contributed by atoms with Gasteiger partial charge in [0.25, 0.3) is 0 Å². The van der Waals surface area contributed by atoms with Crippen LogP contribution in [-0.4, -0.2) is 4.55 Å². The van der Waals surface area contributed by atoms with Crippen LogP contribution in [0.4, 0.5) is 0 Å². The maximum absolute atomic E-state index is 12.7. The molecule has 0 amide bonds. The standard InChI is InChI=1S/C19H17NOS/c20-14-17-8-4-5-9-19(17)22(21)18-12-10-16(11-13-18)15-6-2-1-3-7-15/h1-13H,14,20H2. The van der Waals surface area contributed by atoms with Crippen molar-refractivity contribution < 1.29 is 4.55 Å². The molecule has 2 nitrogen and oxygen atoms in total. The molecule has 0 saturated carbocycles. The molecule has 2 N–H and O–H groups in total. The molecule has 0 aromatic heterocycles. The smallest absolute Gasteiger partial charge is 0.162 e. The molecule has 0 saturated heterocycles. The lowest BCUT2D eigenvalue weighted by Crippen LogP contribution is -2.08. The van der Waals surface area contributed by atoms with Gasteiger partial charge in [-0.05, 0) is 41.5 Å². The molecule has 0 heterocycles. The van der Waals surface area contributed by atoms with Gasteiger partial charge in [-0.1, -0.05) is 48.5 Å². The molecule has 1 unspecified atom stereocenters. The Hall–Kier alpha value is -2.07. The van der Waals surface area contributed by atoms with E-state index < -0.39 is 11.2 Å². The van der Waals surface area contributed by atoms with E-state index in [1.807, 2.05) is 66.7 Å². The summed E-state index contributed by atoms with van der Waals surface area (Å²) in [6.07, 6.45) is 0. The topological polar surface area (TPSA) is 49.1 Å². The summed E-state index contributed by atoms with van der Waals surface area (Å²) in [7, 11) is 0. The van der Waals surface area contributed by atoms with Gasteiger partial charge < -0.3 is 10.3 Å². The van der Waals surface area contributed by atoms with Gasteiger partial charge in [0, 0.05) is 23.3 Å². The van der Waals surface area contributed by atoms with Crippen LogP contribution in [0.5, 0.6) is 0 Å². The van der Waals surface area contributed by atoms with Crippen molar-refractivity contribution in [1.82, 2.24) is 0 Å². The van der Waals surface area contributed by atoms with Crippen LogP contribution < -0.4 is 5.73 Å². The fourth-order valence-corrected chi connectivity index (χ4v) is 3.61. The molecule has 0 spiro atoms. The molecule has 3 aromatic carbocycles. The van der Waals surface area contributed by atoms with Crippen molar-refractivity contribution in [3.63, 3.8) is 0 Å². The van der Waals surface area contributed by atoms with Gasteiger partial charge in [-0.3, -0.25) is 0 Å². The quantitative estimate of drug-likeness (QED) is 0.741. The van der Waals surface area contributed by atoms with E-state index in [0.717, 1.165) is 26.5 Å². The zero-order chi connectivity index (χ0) is 15.4. The Bertz CT molecular complexity index is 741. The van der Waals surface area contributed by atoms with Crippen molar-refractivity contribution in [1.29, 1.82) is 0 Å². The molecule has 1 atom stereocenters. The highest BCUT2D eigenvalue weighted by molar-refractivity contribution is 7.91. The molecule has 0 aliphatic rings. The van der Waals surface area contributed by atoms with Crippen LogP contribution in [0.2, 0.25) is 0 Å². The van der Waals surface area contributed by atoms with Gasteiger partial charge in [-0.25, -0.2) is 0 Å². The van der Waals surface area contributed by atoms with E-state index in [-0.39, 0.29) is 0 Å². The van der Waals surface area contributed by atoms with Gasteiger partial charge in [0.05, 0.1) is 0 Å². The molecular formula is C19H17NOS. The number of hydrogen-bond donors (Lipinski definition) is 1. The largest absolute Gasteiger partial charge is 0.606 e. The lowest BCUT2D eigenvalue weighted by Gasteiger charge is -2.13. The highest BCUT2D eigenvalue weighted by Gasteiger charge is 2.18. The highest BCUT2D eigenvalue weighted by atomic mass is 32.2. The zero-order valence-electron chi connectivity index (χ0n) is 12.1. The number of hydrogen-bond acceptors (Lipinski definition) is 2. The Morgan fingerprint density at radius 1 is 0.727 bits per heavy atom. The van der Waals surface area contributed by atoms with Crippen LogP contribution in [-0.2, 0) is 17.7 Å². The summed E-state index contributed by atoms with van der Waals surface area (Å²) in [5.74, 6) is 0. The minimum atomic E-state index is -1.20. The minimum Gasteiger partial charge on any atom is -0.606 e. The van der Waals surface area contributed by atoms with Crippen molar-refractivity contribution in [3.05, 3.63) is 84.4 Å². The number of nitrogens with two attached hydrogens (primary N) is 1. The molecule has 3 aromatic rings. The van der Waals surface area contributed by atoms with Crippen molar-refractivity contribution in [2.45, 2.75) is 16.3 Å². The molecule has 3 rings (SSSR count). The molecule has 0 radical (unpaired) electrons. The normalized spacial score (nSPS) is 12.1. The lowest BCUT2D eigenvalue weighted by atomic mass is 10.1. The van der Waals surface area contributed by atoms with E-state index in [1.54, 1.807) is 0 Å². The Kier molecular flexibility index (Phi) is 4.59. The van der Waals surface area contributed by atoms with Gasteiger partial charge in [-0.2, -0.15) is 0 Å². The van der Waals surface area contributed by atoms with Crippen molar-refractivity contribution in [2.24, 2.45) is 5.73 Å². The fourth-order valence-electron chi connectivity index (χ4n) is 2.38. The van der Waals surface area contributed by atoms with Gasteiger partial charge in [-0.15, -0.1) is 0 Å². The molecule has 3 heteroatoms. The monoisotopic (exact) mass is 307 g/mol. The second-order valence-corrected chi connectivity index (χ2v) is 6.42. The molecule has 0 aliphatic carbocycles. The van der Waals surface area contributed by atoms with E-state index in [9.17, 15) is 4.55 Å². The first-order chi connectivity index (χ1) is 10.8. The molecule has 0 aliphatic heterocycles. The first-order valence-electron chi connectivity index (χ1n) is 7.15. The van der Waals surface area contributed by atoms with Crippen LogP contribution in [0.3, 0.4) is 0 Å². The average Bonchev–Trinajstić information content (AvgIpc) is 2.62. The summed E-state index contributed by atoms with van der Waals surface area (Å²) < 4.78 is 12.7. The Labute approximate surface area is 133 Å². The van der Waals surface area contributed by atoms with Crippen LogP contribution >= 0.6 is 0 Å². The molecule has 0 bridgehead atoms. The van der Waals surface area contributed by atoms with E-state index in [0.29, 0.717) is 6.54 Å². The Balaban J connectivity index is 1.89. The molecule has 22 heavy (non-hydrogen) atoms. The summed E-state index contributed by atoms with van der Waals surface area (Å²) in [4.78, 5) is 1.58. The summed E-state index contributed by atoms with van der Waals surface area (Å²) in [5, 5.41) is 0. The first kappa shape index (κ1) is 14.9. The van der Waals surface area contributed by atoms with Crippen LogP contribution in [0.25, 0.3) is 11.1 Å². The summed E-state index contributed by atoms with van der Waals surface area (Å²) in [6, 6.07) is 25.6. The molecule has 110 valence electrons. The van der Waals surface area contributed by atoms with E-state index in [4.69, 9.17) is 5.73 Å². The third-order valence-electron chi connectivity index (χ3n) is 3.57. The van der Waals surface area contributed by atoms with Gasteiger partial charge in [0.1, 0.15) is 0 Å². The van der Waals surface area contributed by atoms with Crippen molar-refractivity contribution in [2.75, 3.05) is 0 Å². The summed E-state index contributed by atoms with van der Waals surface area (Å²) in [5.41, 5.74) is 8.93. The van der Waals surface area contributed by atoms with Gasteiger partial charge >= 0.3 is 0 Å². The Morgan fingerprint density at radius 2 is 1.32 bits per heavy atom. The first-order valence-corrected chi connectivity index (χ1v) is 8.30. The number of rotatable bonds is 4. The van der Waals surface area contributed by atoms with Crippen LogP contribution in [0.15, 0.2) is 88.7 Å². The number of benzene rings is 3. The zero-order valence-corrected chi connectivity index (χ0v) is 12.9. The van der Waals surface area contributed by atoms with E-state index in [2.05, 4.69) is 12.1 Å². The van der Waals surface area contributed by atoms with Crippen molar-refractivity contribution >= 4 is 11.2 Å². The summed E-state index contributed by atoms with van der Waals surface area (Å²) >= 11 is -1.20. The van der Waals surface area contributed by atoms with Crippen LogP contribution in [0.1, 0.15) is 5.56 Å². The summed E-state index contributed by atoms with van der Waals surface area (Å²) in [6.45, 7) is 0.393. The maximum atomic E-state index is 12.7. The SMILES string of the molecule is NCc1ccccc1[S+]([O-])c1ccc(-c2ccccc2)cc1. The Morgan fingerprint density at radius 3 is 2.00 bits per heavy atom. The van der Waals surface area contributed by atoms with E-state index in [1.165, 1.54) is 0 Å². The van der Waals surface area contributed by atoms with Gasteiger partial charge in [0.2, 0.25) is 0 Å². The minimum absolute atomic E-state index is 0.393. The average molecular weight is 307 g/mol. The maximum Gasteiger partial charge on any atom is 0.162 e. The van der Waals surface area contributed by atoms with Crippen LogP contribution in [0, 0.1) is 0 Å². The molecular weight excluding hydrogens is 290 g/mol. The predicted molar refractivity (Wildman–Crippen MR) is 90.9 cm³/mol.